The smallest absolute Gasteiger partial charge is 0.191 e. The normalized spacial score (nSPS) is 10.9. The van der Waals surface area contributed by atoms with Crippen LogP contribution in [0.2, 0.25) is 0 Å². The fourth-order valence-corrected chi connectivity index (χ4v) is 2.93. The SMILES string of the molecule is CCc1cccc(NC(=S)NN=Cc2cccn2Cc2ccc(C)cc2)c1. The molecule has 0 atom stereocenters. The fraction of sp³-hybridized carbons (Fsp3) is 0.182. The summed E-state index contributed by atoms with van der Waals surface area (Å²) in [5.74, 6) is 0. The maximum atomic E-state index is 5.32. The Bertz CT molecular complexity index is 925. The number of anilines is 1. The summed E-state index contributed by atoms with van der Waals surface area (Å²) < 4.78 is 2.15. The molecule has 0 aliphatic rings. The lowest BCUT2D eigenvalue weighted by molar-refractivity contribution is 0.798. The van der Waals surface area contributed by atoms with Gasteiger partial charge in [-0.2, -0.15) is 5.10 Å². The molecule has 0 radical (unpaired) electrons. The van der Waals surface area contributed by atoms with Crippen LogP contribution in [0.5, 0.6) is 0 Å². The second kappa shape index (κ2) is 9.14. The van der Waals surface area contributed by atoms with Crippen LogP contribution in [0.1, 0.15) is 29.3 Å². The fourth-order valence-electron chi connectivity index (χ4n) is 2.76. The van der Waals surface area contributed by atoms with Gasteiger partial charge in [0, 0.05) is 18.4 Å². The lowest BCUT2D eigenvalue weighted by atomic mass is 10.1. The zero-order valence-electron chi connectivity index (χ0n) is 15.6. The number of hydrogen-bond donors (Lipinski definition) is 2. The van der Waals surface area contributed by atoms with Gasteiger partial charge in [0.15, 0.2) is 5.11 Å². The van der Waals surface area contributed by atoms with Crippen molar-refractivity contribution in [3.05, 3.63) is 89.2 Å². The van der Waals surface area contributed by atoms with Crippen molar-refractivity contribution < 1.29 is 0 Å². The number of aromatic nitrogens is 1. The van der Waals surface area contributed by atoms with E-state index in [1.54, 1.807) is 6.21 Å². The van der Waals surface area contributed by atoms with Crippen molar-refractivity contribution >= 4 is 29.2 Å². The van der Waals surface area contributed by atoms with Gasteiger partial charge >= 0.3 is 0 Å². The van der Waals surface area contributed by atoms with Crippen LogP contribution in [0.15, 0.2) is 72.0 Å². The average Bonchev–Trinajstić information content (AvgIpc) is 3.11. The van der Waals surface area contributed by atoms with Gasteiger partial charge in [0.2, 0.25) is 0 Å². The Morgan fingerprint density at radius 2 is 1.89 bits per heavy atom. The second-order valence-electron chi connectivity index (χ2n) is 6.42. The Morgan fingerprint density at radius 1 is 1.07 bits per heavy atom. The molecule has 138 valence electrons. The molecule has 3 rings (SSSR count). The highest BCUT2D eigenvalue weighted by Crippen LogP contribution is 2.11. The number of benzene rings is 2. The third kappa shape index (κ3) is 5.53. The van der Waals surface area contributed by atoms with Gasteiger partial charge in [-0.05, 0) is 61.0 Å². The molecule has 3 aromatic rings. The number of hydrogen-bond acceptors (Lipinski definition) is 2. The van der Waals surface area contributed by atoms with Crippen molar-refractivity contribution in [2.75, 3.05) is 5.32 Å². The standard InChI is InChI=1S/C22H24N4S/c1-3-18-6-4-7-20(14-18)24-22(27)25-23-15-21-8-5-13-26(21)16-19-11-9-17(2)10-12-19/h4-15H,3,16H2,1-2H3,(H2,24,25,27). The van der Waals surface area contributed by atoms with E-state index in [-0.39, 0.29) is 0 Å². The summed E-state index contributed by atoms with van der Waals surface area (Å²) in [5.41, 5.74) is 8.64. The molecular formula is C22H24N4S. The maximum absolute atomic E-state index is 5.32. The van der Waals surface area contributed by atoms with Crippen LogP contribution in [-0.4, -0.2) is 15.9 Å². The molecule has 0 saturated heterocycles. The number of nitrogens with one attached hydrogen (secondary N) is 2. The molecule has 27 heavy (non-hydrogen) atoms. The average molecular weight is 377 g/mol. The minimum Gasteiger partial charge on any atom is -0.342 e. The molecule has 0 aliphatic carbocycles. The molecule has 1 heterocycles. The van der Waals surface area contributed by atoms with E-state index in [4.69, 9.17) is 12.2 Å². The summed E-state index contributed by atoms with van der Waals surface area (Å²) in [4.78, 5) is 0. The zero-order chi connectivity index (χ0) is 19.1. The summed E-state index contributed by atoms with van der Waals surface area (Å²) >= 11 is 5.32. The number of thiocarbonyl (C=S) groups is 1. The van der Waals surface area contributed by atoms with Crippen LogP contribution in [0.25, 0.3) is 0 Å². The Labute approximate surface area is 165 Å². The highest BCUT2D eigenvalue weighted by molar-refractivity contribution is 7.80. The van der Waals surface area contributed by atoms with Crippen LogP contribution < -0.4 is 10.7 Å². The first-order valence-corrected chi connectivity index (χ1v) is 9.44. The minimum absolute atomic E-state index is 0.469. The quantitative estimate of drug-likeness (QED) is 0.371. The zero-order valence-corrected chi connectivity index (χ0v) is 16.5. The maximum Gasteiger partial charge on any atom is 0.191 e. The van der Waals surface area contributed by atoms with E-state index in [9.17, 15) is 0 Å². The van der Waals surface area contributed by atoms with E-state index in [0.29, 0.717) is 5.11 Å². The number of hydrazone groups is 1. The summed E-state index contributed by atoms with van der Waals surface area (Å²) in [6.07, 6.45) is 4.82. The van der Waals surface area contributed by atoms with Gasteiger partial charge in [-0.3, -0.25) is 5.43 Å². The summed E-state index contributed by atoms with van der Waals surface area (Å²) in [6.45, 7) is 5.03. The minimum atomic E-state index is 0.469. The largest absolute Gasteiger partial charge is 0.342 e. The van der Waals surface area contributed by atoms with Crippen LogP contribution in [0.3, 0.4) is 0 Å². The summed E-state index contributed by atoms with van der Waals surface area (Å²) in [6, 6.07) is 20.8. The molecule has 0 saturated carbocycles. The van der Waals surface area contributed by atoms with Crippen LogP contribution >= 0.6 is 12.2 Å². The van der Waals surface area contributed by atoms with E-state index >= 15 is 0 Å². The molecule has 5 heteroatoms. The molecule has 0 amide bonds. The van der Waals surface area contributed by atoms with Gasteiger partial charge in [0.05, 0.1) is 11.9 Å². The third-order valence-corrected chi connectivity index (χ3v) is 4.49. The molecule has 2 N–H and O–H groups in total. The molecule has 1 aromatic heterocycles. The Balaban J connectivity index is 1.57. The second-order valence-corrected chi connectivity index (χ2v) is 6.83. The first-order valence-electron chi connectivity index (χ1n) is 9.03. The highest BCUT2D eigenvalue weighted by Gasteiger charge is 2.01. The van der Waals surface area contributed by atoms with Gasteiger partial charge in [-0.1, -0.05) is 48.9 Å². The van der Waals surface area contributed by atoms with Crippen LogP contribution in [-0.2, 0) is 13.0 Å². The lowest BCUT2D eigenvalue weighted by Crippen LogP contribution is -2.24. The van der Waals surface area contributed by atoms with Gasteiger partial charge in [0.25, 0.3) is 0 Å². The molecule has 0 unspecified atom stereocenters. The van der Waals surface area contributed by atoms with E-state index in [2.05, 4.69) is 70.7 Å². The van der Waals surface area contributed by atoms with Crippen molar-refractivity contribution in [1.82, 2.24) is 9.99 Å². The molecule has 0 fully saturated rings. The van der Waals surface area contributed by atoms with Gasteiger partial charge < -0.3 is 9.88 Å². The molecule has 4 nitrogen and oxygen atoms in total. The van der Waals surface area contributed by atoms with E-state index < -0.39 is 0 Å². The third-order valence-electron chi connectivity index (χ3n) is 4.29. The first kappa shape index (κ1) is 18.9. The molecule has 0 spiro atoms. The van der Waals surface area contributed by atoms with Gasteiger partial charge in [-0.25, -0.2) is 0 Å². The van der Waals surface area contributed by atoms with Gasteiger partial charge in [0.1, 0.15) is 0 Å². The predicted molar refractivity (Wildman–Crippen MR) is 117 cm³/mol. The van der Waals surface area contributed by atoms with Crippen LogP contribution in [0, 0.1) is 6.92 Å². The van der Waals surface area contributed by atoms with Crippen molar-refractivity contribution in [3.8, 4) is 0 Å². The summed E-state index contributed by atoms with van der Waals surface area (Å²) in [5, 5.41) is 7.89. The van der Waals surface area contributed by atoms with Crippen molar-refractivity contribution in [1.29, 1.82) is 0 Å². The number of nitrogens with zero attached hydrogens (tertiary/aromatic N) is 2. The Kier molecular flexibility index (Phi) is 6.39. The highest BCUT2D eigenvalue weighted by atomic mass is 32.1. The topological polar surface area (TPSA) is 41.4 Å². The van der Waals surface area contributed by atoms with Crippen molar-refractivity contribution in [2.45, 2.75) is 26.8 Å². The lowest BCUT2D eigenvalue weighted by Gasteiger charge is -2.09. The predicted octanol–water partition coefficient (Wildman–Crippen LogP) is 4.73. The monoisotopic (exact) mass is 376 g/mol. The van der Waals surface area contributed by atoms with E-state index in [1.165, 1.54) is 16.7 Å². The summed E-state index contributed by atoms with van der Waals surface area (Å²) in [7, 11) is 0. The number of rotatable bonds is 6. The van der Waals surface area contributed by atoms with E-state index in [1.807, 2.05) is 30.5 Å². The molecule has 0 bridgehead atoms. The van der Waals surface area contributed by atoms with Gasteiger partial charge in [-0.15, -0.1) is 0 Å². The van der Waals surface area contributed by atoms with Crippen LogP contribution in [0.4, 0.5) is 5.69 Å². The Hall–Kier alpha value is -2.92. The Morgan fingerprint density at radius 3 is 2.67 bits per heavy atom. The van der Waals surface area contributed by atoms with Crippen molar-refractivity contribution in [2.24, 2.45) is 5.10 Å². The molecule has 2 aromatic carbocycles. The van der Waals surface area contributed by atoms with E-state index in [0.717, 1.165) is 24.3 Å². The van der Waals surface area contributed by atoms with Crippen molar-refractivity contribution in [3.63, 3.8) is 0 Å². The number of aryl methyl sites for hydroxylation is 2. The first-order chi connectivity index (χ1) is 13.1. The molecule has 0 aliphatic heterocycles. The molecular weight excluding hydrogens is 352 g/mol.